The van der Waals surface area contributed by atoms with Crippen LogP contribution in [0.5, 0.6) is 17.2 Å². The van der Waals surface area contributed by atoms with Crippen molar-refractivity contribution in [2.24, 2.45) is 4.99 Å². The zero-order chi connectivity index (χ0) is 21.5. The van der Waals surface area contributed by atoms with Crippen LogP contribution >= 0.6 is 24.0 Å². The van der Waals surface area contributed by atoms with Crippen LogP contribution in [0.4, 0.5) is 0 Å². The summed E-state index contributed by atoms with van der Waals surface area (Å²) in [6.45, 7) is 4.09. The van der Waals surface area contributed by atoms with E-state index in [-0.39, 0.29) is 24.0 Å². The van der Waals surface area contributed by atoms with E-state index in [1.165, 1.54) is 0 Å². The zero-order valence-corrected chi connectivity index (χ0v) is 20.9. The van der Waals surface area contributed by atoms with Gasteiger partial charge in [-0.2, -0.15) is 0 Å². The van der Waals surface area contributed by atoms with Crippen LogP contribution in [0.1, 0.15) is 11.4 Å². The average molecular weight is 539 g/mol. The highest BCUT2D eigenvalue weighted by Gasteiger charge is 2.13. The minimum absolute atomic E-state index is 0. The molecular weight excluding hydrogens is 509 g/mol. The van der Waals surface area contributed by atoms with Crippen LogP contribution in [0.15, 0.2) is 41.4 Å². The third-order valence-corrected chi connectivity index (χ3v) is 4.88. The molecule has 0 spiro atoms. The largest absolute Gasteiger partial charge is 0.493 e. The first-order valence-corrected chi connectivity index (χ1v) is 9.76. The molecule has 2 N–H and O–H groups in total. The van der Waals surface area contributed by atoms with Gasteiger partial charge < -0.3 is 29.4 Å². The molecule has 168 valence electrons. The second kappa shape index (κ2) is 11.6. The van der Waals surface area contributed by atoms with E-state index in [4.69, 9.17) is 14.2 Å². The van der Waals surface area contributed by atoms with Crippen molar-refractivity contribution in [2.45, 2.75) is 20.0 Å². The molecular formula is C22H30IN5O3. The Kier molecular flexibility index (Phi) is 9.22. The lowest BCUT2D eigenvalue weighted by Gasteiger charge is -2.16. The number of fused-ring (bicyclic) bond motifs is 1. The van der Waals surface area contributed by atoms with E-state index in [0.717, 1.165) is 35.5 Å². The number of aryl methyl sites for hydroxylation is 1. The van der Waals surface area contributed by atoms with Crippen molar-refractivity contribution in [1.29, 1.82) is 0 Å². The molecule has 1 aromatic heterocycles. The molecule has 0 bridgehead atoms. The third kappa shape index (κ3) is 5.72. The molecule has 0 fully saturated rings. The minimum atomic E-state index is 0. The van der Waals surface area contributed by atoms with E-state index in [0.29, 0.717) is 29.8 Å². The molecule has 0 amide bonds. The number of halogens is 1. The number of imidazole rings is 1. The second-order valence-electron chi connectivity index (χ2n) is 6.69. The molecule has 9 heteroatoms. The van der Waals surface area contributed by atoms with Crippen molar-refractivity contribution in [3.8, 4) is 17.2 Å². The van der Waals surface area contributed by atoms with E-state index < -0.39 is 0 Å². The number of methoxy groups -OCH3 is 3. The fraction of sp³-hybridized carbons (Fsp3) is 0.364. The Morgan fingerprint density at radius 1 is 1.03 bits per heavy atom. The summed E-state index contributed by atoms with van der Waals surface area (Å²) in [6, 6.07) is 12.0. The molecule has 0 saturated heterocycles. The molecule has 3 aromatic rings. The van der Waals surface area contributed by atoms with Gasteiger partial charge >= 0.3 is 0 Å². The van der Waals surface area contributed by atoms with E-state index in [1.807, 2.05) is 37.3 Å². The number of aliphatic imine (C=N–C) groups is 1. The smallest absolute Gasteiger partial charge is 0.203 e. The zero-order valence-electron chi connectivity index (χ0n) is 18.6. The Morgan fingerprint density at radius 3 is 2.32 bits per heavy atom. The maximum Gasteiger partial charge on any atom is 0.203 e. The van der Waals surface area contributed by atoms with Gasteiger partial charge in [0.1, 0.15) is 5.82 Å². The summed E-state index contributed by atoms with van der Waals surface area (Å²) < 4.78 is 18.4. The number of nitrogens with zero attached hydrogens (tertiary/aromatic N) is 3. The molecule has 0 unspecified atom stereocenters. The van der Waals surface area contributed by atoms with Gasteiger partial charge in [0, 0.05) is 26.7 Å². The molecule has 0 aliphatic carbocycles. The average Bonchev–Trinajstić information content (AvgIpc) is 3.10. The summed E-state index contributed by atoms with van der Waals surface area (Å²) in [5.74, 6) is 3.54. The first-order chi connectivity index (χ1) is 14.6. The van der Waals surface area contributed by atoms with Crippen molar-refractivity contribution in [2.75, 3.05) is 34.9 Å². The van der Waals surface area contributed by atoms with Gasteiger partial charge in [-0.25, -0.2) is 4.98 Å². The Morgan fingerprint density at radius 2 is 1.71 bits per heavy atom. The number of guanidine groups is 1. The fourth-order valence-corrected chi connectivity index (χ4v) is 3.41. The standard InChI is InChI=1S/C22H29N5O3.HI/c1-15-26-17-8-6-7-9-18(17)27(15)11-10-24-22(23-2)25-14-16-12-19(28-3)21(30-5)20(13-16)29-4;/h6-9,12-13H,10-11,14H2,1-5H3,(H2,23,24,25);1H. The number of nitrogens with one attached hydrogen (secondary N) is 2. The van der Waals surface area contributed by atoms with Crippen LogP contribution in [-0.4, -0.2) is 50.4 Å². The van der Waals surface area contributed by atoms with Crippen LogP contribution in [0, 0.1) is 6.92 Å². The summed E-state index contributed by atoms with van der Waals surface area (Å²) in [6.07, 6.45) is 0. The van der Waals surface area contributed by atoms with Gasteiger partial charge in [-0.3, -0.25) is 4.99 Å². The quantitative estimate of drug-likeness (QED) is 0.260. The van der Waals surface area contributed by atoms with Gasteiger partial charge in [-0.05, 0) is 36.8 Å². The van der Waals surface area contributed by atoms with Gasteiger partial charge in [-0.15, -0.1) is 24.0 Å². The van der Waals surface area contributed by atoms with Crippen molar-refractivity contribution >= 4 is 41.0 Å². The predicted octanol–water partition coefficient (Wildman–Crippen LogP) is 3.35. The summed E-state index contributed by atoms with van der Waals surface area (Å²) in [4.78, 5) is 8.92. The highest BCUT2D eigenvalue weighted by atomic mass is 127. The van der Waals surface area contributed by atoms with Crippen LogP contribution in [0.3, 0.4) is 0 Å². The summed E-state index contributed by atoms with van der Waals surface area (Å²) >= 11 is 0. The monoisotopic (exact) mass is 539 g/mol. The normalized spacial score (nSPS) is 11.1. The number of hydrogen-bond acceptors (Lipinski definition) is 5. The van der Waals surface area contributed by atoms with E-state index in [2.05, 4.69) is 31.2 Å². The number of benzene rings is 2. The minimum Gasteiger partial charge on any atom is -0.493 e. The van der Waals surface area contributed by atoms with Crippen LogP contribution in [0.2, 0.25) is 0 Å². The molecule has 3 rings (SSSR count). The number of hydrogen-bond donors (Lipinski definition) is 2. The number of aromatic nitrogens is 2. The summed E-state index contributed by atoms with van der Waals surface area (Å²) in [5.41, 5.74) is 3.14. The molecule has 8 nitrogen and oxygen atoms in total. The molecule has 0 radical (unpaired) electrons. The van der Waals surface area contributed by atoms with E-state index in [9.17, 15) is 0 Å². The first kappa shape index (κ1) is 24.6. The first-order valence-electron chi connectivity index (χ1n) is 9.76. The van der Waals surface area contributed by atoms with Gasteiger partial charge in [0.05, 0.1) is 32.4 Å². The number of para-hydroxylation sites is 2. The molecule has 1 heterocycles. The summed E-state index contributed by atoms with van der Waals surface area (Å²) in [5, 5.41) is 6.67. The lowest BCUT2D eigenvalue weighted by Crippen LogP contribution is -2.38. The molecule has 0 aliphatic rings. The van der Waals surface area contributed by atoms with Crippen LogP contribution in [-0.2, 0) is 13.1 Å². The lowest BCUT2D eigenvalue weighted by molar-refractivity contribution is 0.323. The summed E-state index contributed by atoms with van der Waals surface area (Å²) in [7, 11) is 6.56. The number of ether oxygens (including phenoxy) is 3. The molecule has 31 heavy (non-hydrogen) atoms. The van der Waals surface area contributed by atoms with E-state index in [1.54, 1.807) is 28.4 Å². The maximum absolute atomic E-state index is 5.42. The Balaban J connectivity index is 0.00000341. The maximum atomic E-state index is 5.42. The Hall–Kier alpha value is -2.69. The van der Waals surface area contributed by atoms with Crippen molar-refractivity contribution < 1.29 is 14.2 Å². The second-order valence-corrected chi connectivity index (χ2v) is 6.69. The molecule has 0 aliphatic heterocycles. The lowest BCUT2D eigenvalue weighted by atomic mass is 10.2. The van der Waals surface area contributed by atoms with Gasteiger partial charge in [-0.1, -0.05) is 12.1 Å². The topological polar surface area (TPSA) is 81.9 Å². The van der Waals surface area contributed by atoms with Gasteiger partial charge in [0.2, 0.25) is 5.75 Å². The van der Waals surface area contributed by atoms with Crippen molar-refractivity contribution in [1.82, 2.24) is 20.2 Å². The highest BCUT2D eigenvalue weighted by molar-refractivity contribution is 14.0. The van der Waals surface area contributed by atoms with Crippen molar-refractivity contribution in [3.05, 3.63) is 47.8 Å². The fourth-order valence-electron chi connectivity index (χ4n) is 3.41. The van der Waals surface area contributed by atoms with Crippen molar-refractivity contribution in [3.63, 3.8) is 0 Å². The number of rotatable bonds is 8. The molecule has 2 aromatic carbocycles. The molecule has 0 saturated carbocycles. The van der Waals surface area contributed by atoms with E-state index >= 15 is 0 Å². The highest BCUT2D eigenvalue weighted by Crippen LogP contribution is 2.38. The molecule has 0 atom stereocenters. The SMILES string of the molecule is CN=C(NCCn1c(C)nc2ccccc21)NCc1cc(OC)c(OC)c(OC)c1.I. The van der Waals surface area contributed by atoms with Gasteiger partial charge in [0.25, 0.3) is 0 Å². The Labute approximate surface area is 200 Å². The predicted molar refractivity (Wildman–Crippen MR) is 134 cm³/mol. The van der Waals surface area contributed by atoms with Crippen LogP contribution in [0.25, 0.3) is 11.0 Å². The third-order valence-electron chi connectivity index (χ3n) is 4.88. The Bertz CT molecular complexity index is 1010. The van der Waals surface area contributed by atoms with Crippen LogP contribution < -0.4 is 24.8 Å². The van der Waals surface area contributed by atoms with Gasteiger partial charge in [0.15, 0.2) is 17.5 Å².